The molecule has 8 heteroatoms. The molecule has 0 saturated carbocycles. The van der Waals surface area contributed by atoms with E-state index in [1.807, 2.05) is 29.6 Å². The first kappa shape index (κ1) is 18.6. The number of thiophene rings is 2. The van der Waals surface area contributed by atoms with Crippen molar-refractivity contribution in [3.05, 3.63) is 57.6 Å². The zero-order chi connectivity index (χ0) is 18.6. The van der Waals surface area contributed by atoms with E-state index in [4.69, 9.17) is 20.8 Å². The molecule has 0 saturated heterocycles. The van der Waals surface area contributed by atoms with Crippen LogP contribution in [0.3, 0.4) is 0 Å². The number of halogens is 1. The molecule has 27 heavy (non-hydrogen) atoms. The van der Waals surface area contributed by atoms with Crippen LogP contribution in [0.4, 0.5) is 0 Å². The van der Waals surface area contributed by atoms with Crippen LogP contribution >= 0.6 is 34.3 Å². The summed E-state index contributed by atoms with van der Waals surface area (Å²) in [5.41, 5.74) is 0. The topological polar surface area (TPSA) is 51.4 Å². The first-order chi connectivity index (χ1) is 13.2. The summed E-state index contributed by atoms with van der Waals surface area (Å²) in [7, 11) is 1.70. The van der Waals surface area contributed by atoms with Gasteiger partial charge < -0.3 is 9.15 Å². The van der Waals surface area contributed by atoms with Crippen molar-refractivity contribution in [1.82, 2.24) is 15.1 Å². The smallest absolute Gasteiger partial charge is 0.257 e. The minimum Gasteiger partial charge on any atom is -0.419 e. The highest BCUT2D eigenvalue weighted by Gasteiger charge is 2.17. The number of nitrogens with zero attached hydrogens (tertiary/aromatic N) is 3. The molecule has 0 aliphatic carbocycles. The van der Waals surface area contributed by atoms with Crippen LogP contribution in [0.2, 0.25) is 5.02 Å². The van der Waals surface area contributed by atoms with Crippen molar-refractivity contribution in [3.63, 3.8) is 0 Å². The molecule has 3 heterocycles. The number of fused-ring (bicyclic) bond motifs is 1. The Kier molecular flexibility index (Phi) is 5.85. The molecule has 4 rings (SSSR count). The van der Waals surface area contributed by atoms with E-state index >= 15 is 0 Å². The zero-order valence-corrected chi connectivity index (χ0v) is 17.1. The summed E-state index contributed by atoms with van der Waals surface area (Å²) in [4.78, 5) is 4.32. The molecule has 0 fully saturated rings. The van der Waals surface area contributed by atoms with Crippen molar-refractivity contribution in [2.24, 2.45) is 0 Å². The van der Waals surface area contributed by atoms with Gasteiger partial charge in [0.2, 0.25) is 5.89 Å². The molecule has 3 aromatic heterocycles. The third kappa shape index (κ3) is 4.23. The maximum Gasteiger partial charge on any atom is 0.257 e. The van der Waals surface area contributed by atoms with E-state index in [0.717, 1.165) is 26.7 Å². The van der Waals surface area contributed by atoms with Crippen LogP contribution in [-0.4, -0.2) is 35.4 Å². The molecule has 0 spiro atoms. The molecule has 0 aliphatic heterocycles. The van der Waals surface area contributed by atoms with Crippen molar-refractivity contribution in [2.75, 3.05) is 20.3 Å². The van der Waals surface area contributed by atoms with E-state index in [1.54, 1.807) is 29.8 Å². The first-order valence-corrected chi connectivity index (χ1v) is 10.6. The maximum atomic E-state index is 6.61. The second-order valence-corrected chi connectivity index (χ2v) is 8.48. The molecular formula is C19H18ClN3O2S2. The summed E-state index contributed by atoms with van der Waals surface area (Å²) in [6.07, 6.45) is 0. The third-order valence-electron chi connectivity index (χ3n) is 4.14. The van der Waals surface area contributed by atoms with Gasteiger partial charge in [-0.15, -0.1) is 32.9 Å². The van der Waals surface area contributed by atoms with Gasteiger partial charge in [-0.3, -0.25) is 4.90 Å². The number of benzene rings is 1. The van der Waals surface area contributed by atoms with Crippen LogP contribution in [0.15, 0.2) is 46.2 Å². The fraction of sp³-hybridized carbons (Fsp3) is 0.263. The lowest BCUT2D eigenvalue weighted by molar-refractivity contribution is 0.134. The number of hydrogen-bond donors (Lipinski definition) is 0. The minimum absolute atomic E-state index is 0.548. The average Bonchev–Trinajstić information content (AvgIpc) is 3.41. The van der Waals surface area contributed by atoms with Gasteiger partial charge in [0.05, 0.1) is 23.1 Å². The molecular weight excluding hydrogens is 402 g/mol. The molecule has 0 bridgehead atoms. The van der Waals surface area contributed by atoms with Crippen LogP contribution < -0.4 is 0 Å². The normalized spacial score (nSPS) is 11.7. The Morgan fingerprint density at radius 3 is 2.81 bits per heavy atom. The van der Waals surface area contributed by atoms with E-state index in [-0.39, 0.29) is 0 Å². The number of rotatable bonds is 8. The lowest BCUT2D eigenvalue weighted by Gasteiger charge is -2.19. The first-order valence-electron chi connectivity index (χ1n) is 8.48. The highest BCUT2D eigenvalue weighted by molar-refractivity contribution is 7.19. The van der Waals surface area contributed by atoms with Gasteiger partial charge >= 0.3 is 0 Å². The SMILES string of the molecule is COCCN(Cc1nnc(-c2cccs2)o1)Cc1sc2ccccc2c1Cl. The summed E-state index contributed by atoms with van der Waals surface area (Å²) >= 11 is 9.92. The maximum absolute atomic E-state index is 6.61. The Morgan fingerprint density at radius 1 is 1.15 bits per heavy atom. The molecule has 1 aromatic carbocycles. The summed E-state index contributed by atoms with van der Waals surface area (Å²) in [5, 5.41) is 12.3. The zero-order valence-electron chi connectivity index (χ0n) is 14.7. The Labute approximate surface area is 170 Å². The summed E-state index contributed by atoms with van der Waals surface area (Å²) in [6.45, 7) is 2.62. The predicted molar refractivity (Wildman–Crippen MR) is 110 cm³/mol. The fourth-order valence-corrected chi connectivity index (χ4v) is 4.99. The van der Waals surface area contributed by atoms with Crippen LogP contribution in [0.1, 0.15) is 10.8 Å². The number of hydrogen-bond acceptors (Lipinski definition) is 7. The highest BCUT2D eigenvalue weighted by Crippen LogP contribution is 2.36. The summed E-state index contributed by atoms with van der Waals surface area (Å²) in [5.74, 6) is 1.15. The molecule has 0 atom stereocenters. The largest absolute Gasteiger partial charge is 0.419 e. The number of ether oxygens (including phenoxy) is 1. The lowest BCUT2D eigenvalue weighted by atomic mass is 10.2. The lowest BCUT2D eigenvalue weighted by Crippen LogP contribution is -2.26. The number of methoxy groups -OCH3 is 1. The standard InChI is InChI=1S/C19H18ClN3O2S2/c1-24-9-8-23(11-16-18(20)13-5-2-3-6-14(13)27-16)12-17-21-22-19(25-17)15-7-4-10-26-15/h2-7,10H,8-9,11-12H2,1H3. The van der Waals surface area contributed by atoms with Gasteiger partial charge in [0.1, 0.15) is 0 Å². The van der Waals surface area contributed by atoms with E-state index in [9.17, 15) is 0 Å². The second-order valence-electron chi connectivity index (χ2n) is 6.02. The quantitative estimate of drug-likeness (QED) is 0.387. The molecule has 4 aromatic rings. The summed E-state index contributed by atoms with van der Waals surface area (Å²) in [6, 6.07) is 12.1. The molecule has 5 nitrogen and oxygen atoms in total. The van der Waals surface area contributed by atoms with Gasteiger partial charge in [-0.2, -0.15) is 0 Å². The Morgan fingerprint density at radius 2 is 2.04 bits per heavy atom. The fourth-order valence-electron chi connectivity index (χ4n) is 2.81. The molecule has 0 unspecified atom stereocenters. The summed E-state index contributed by atoms with van der Waals surface area (Å²) < 4.78 is 12.3. The van der Waals surface area contributed by atoms with Crippen molar-refractivity contribution in [1.29, 1.82) is 0 Å². The van der Waals surface area contributed by atoms with Crippen LogP contribution in [0.5, 0.6) is 0 Å². The molecule has 0 N–H and O–H groups in total. The second kappa shape index (κ2) is 8.50. The van der Waals surface area contributed by atoms with Gasteiger partial charge in [0.15, 0.2) is 0 Å². The van der Waals surface area contributed by atoms with Gasteiger partial charge in [-0.1, -0.05) is 35.9 Å². The highest BCUT2D eigenvalue weighted by atomic mass is 35.5. The van der Waals surface area contributed by atoms with Crippen molar-refractivity contribution in [2.45, 2.75) is 13.1 Å². The minimum atomic E-state index is 0.548. The van der Waals surface area contributed by atoms with E-state index < -0.39 is 0 Å². The van der Waals surface area contributed by atoms with Crippen LogP contribution in [0, 0.1) is 0 Å². The predicted octanol–water partition coefficient (Wildman–Crippen LogP) is 5.31. The van der Waals surface area contributed by atoms with E-state index in [2.05, 4.69) is 27.2 Å². The van der Waals surface area contributed by atoms with Crippen LogP contribution in [-0.2, 0) is 17.8 Å². The Hall–Kier alpha value is -1.77. The molecule has 0 radical (unpaired) electrons. The monoisotopic (exact) mass is 419 g/mol. The van der Waals surface area contributed by atoms with Gasteiger partial charge in [0, 0.05) is 35.2 Å². The van der Waals surface area contributed by atoms with Crippen LogP contribution in [0.25, 0.3) is 20.9 Å². The Bertz CT molecular complexity index is 1010. The van der Waals surface area contributed by atoms with E-state index in [0.29, 0.717) is 31.5 Å². The molecule has 0 amide bonds. The van der Waals surface area contributed by atoms with Gasteiger partial charge in [-0.25, -0.2) is 0 Å². The Balaban J connectivity index is 1.53. The van der Waals surface area contributed by atoms with Gasteiger partial charge in [-0.05, 0) is 17.5 Å². The number of aromatic nitrogens is 2. The van der Waals surface area contributed by atoms with E-state index in [1.165, 1.54) is 4.70 Å². The van der Waals surface area contributed by atoms with Crippen molar-refractivity contribution >= 4 is 44.4 Å². The van der Waals surface area contributed by atoms with Crippen molar-refractivity contribution < 1.29 is 9.15 Å². The van der Waals surface area contributed by atoms with Gasteiger partial charge in [0.25, 0.3) is 5.89 Å². The average molecular weight is 420 g/mol. The molecule has 140 valence electrons. The van der Waals surface area contributed by atoms with Crippen molar-refractivity contribution in [3.8, 4) is 10.8 Å². The third-order valence-corrected chi connectivity index (χ3v) is 6.70. The molecule has 0 aliphatic rings.